The van der Waals surface area contributed by atoms with Crippen molar-refractivity contribution < 1.29 is 23.4 Å². The van der Waals surface area contributed by atoms with Crippen LogP contribution in [0.4, 0.5) is 4.39 Å². The topological polar surface area (TPSA) is 85.5 Å². The summed E-state index contributed by atoms with van der Waals surface area (Å²) in [6.45, 7) is 0.766. The Morgan fingerprint density at radius 3 is 3.12 bits per heavy atom. The molecule has 1 aliphatic rings. The van der Waals surface area contributed by atoms with E-state index in [1.54, 1.807) is 30.6 Å². The Balaban J connectivity index is 1.52. The zero-order chi connectivity index (χ0) is 17.6. The fourth-order valence-electron chi connectivity index (χ4n) is 2.70. The molecule has 7 nitrogen and oxygen atoms in total. The first-order chi connectivity index (χ1) is 12.2. The molecule has 2 aromatic rings. The van der Waals surface area contributed by atoms with Crippen molar-refractivity contribution >= 4 is 5.91 Å². The number of hydrogen-bond donors (Lipinski definition) is 2. The third-order valence-corrected chi connectivity index (χ3v) is 4.02. The number of ether oxygens (including phenoxy) is 3. The van der Waals surface area contributed by atoms with Crippen molar-refractivity contribution in [2.24, 2.45) is 0 Å². The van der Waals surface area contributed by atoms with Crippen LogP contribution < -0.4 is 14.8 Å². The van der Waals surface area contributed by atoms with E-state index in [0.717, 1.165) is 0 Å². The number of H-pyrrole nitrogens is 1. The van der Waals surface area contributed by atoms with Gasteiger partial charge in [-0.15, -0.1) is 0 Å². The largest absolute Gasteiger partial charge is 0.494 e. The Labute approximate surface area is 144 Å². The van der Waals surface area contributed by atoms with E-state index in [2.05, 4.69) is 15.5 Å². The van der Waals surface area contributed by atoms with Crippen LogP contribution in [0, 0.1) is 5.82 Å². The molecule has 2 heterocycles. The molecule has 0 spiro atoms. The van der Waals surface area contributed by atoms with Crippen LogP contribution in [0.5, 0.6) is 11.5 Å². The van der Waals surface area contributed by atoms with Gasteiger partial charge < -0.3 is 19.5 Å². The first-order valence-electron chi connectivity index (χ1n) is 8.01. The van der Waals surface area contributed by atoms with E-state index in [1.807, 2.05) is 0 Å². The standard InChI is InChI=1S/C17H20FN3O4/c1-23-14-4-2-3-11(17(14)18)5-6-16(22)21-13-9-24-10-15(13)25-12-7-19-20-8-12/h2-4,7-8,13,15H,5-6,9-10H2,1H3,(H,19,20)(H,21,22)/t13-,15+/m0/s1. The fourth-order valence-corrected chi connectivity index (χ4v) is 2.70. The number of methoxy groups -OCH3 is 1. The van der Waals surface area contributed by atoms with E-state index in [-0.39, 0.29) is 36.6 Å². The van der Waals surface area contributed by atoms with Crippen molar-refractivity contribution in [2.75, 3.05) is 20.3 Å². The zero-order valence-corrected chi connectivity index (χ0v) is 13.8. The molecular weight excluding hydrogens is 329 g/mol. The van der Waals surface area contributed by atoms with Gasteiger partial charge in [0.15, 0.2) is 17.3 Å². The van der Waals surface area contributed by atoms with E-state index in [1.165, 1.54) is 7.11 Å². The molecule has 2 N–H and O–H groups in total. The van der Waals surface area contributed by atoms with Gasteiger partial charge in [0.25, 0.3) is 0 Å². The summed E-state index contributed by atoms with van der Waals surface area (Å²) in [7, 11) is 1.41. The molecule has 2 atom stereocenters. The number of aromatic amines is 1. The SMILES string of the molecule is COc1cccc(CCC(=O)N[C@H]2COC[C@H]2Oc2cn[nH]c2)c1F. The molecule has 3 rings (SSSR count). The summed E-state index contributed by atoms with van der Waals surface area (Å²) in [4.78, 5) is 12.2. The number of rotatable bonds is 7. The lowest BCUT2D eigenvalue weighted by Gasteiger charge is -2.19. The number of nitrogens with zero attached hydrogens (tertiary/aromatic N) is 1. The normalized spacial score (nSPS) is 19.6. The van der Waals surface area contributed by atoms with Crippen molar-refractivity contribution in [3.05, 3.63) is 42.0 Å². The van der Waals surface area contributed by atoms with Crippen LogP contribution >= 0.6 is 0 Å². The molecule has 0 bridgehead atoms. The van der Waals surface area contributed by atoms with Gasteiger partial charge in [-0.3, -0.25) is 9.89 Å². The van der Waals surface area contributed by atoms with E-state index in [9.17, 15) is 9.18 Å². The zero-order valence-electron chi connectivity index (χ0n) is 13.8. The Morgan fingerprint density at radius 2 is 2.36 bits per heavy atom. The Morgan fingerprint density at radius 1 is 1.48 bits per heavy atom. The first kappa shape index (κ1) is 17.2. The second kappa shape index (κ2) is 7.98. The lowest BCUT2D eigenvalue weighted by molar-refractivity contribution is -0.122. The van der Waals surface area contributed by atoms with Gasteiger partial charge in [-0.2, -0.15) is 5.10 Å². The number of carbonyl (C=O) groups is 1. The molecule has 1 aliphatic heterocycles. The molecule has 1 saturated heterocycles. The van der Waals surface area contributed by atoms with E-state index < -0.39 is 5.82 Å². The minimum atomic E-state index is -0.428. The second-order valence-corrected chi connectivity index (χ2v) is 5.74. The lowest BCUT2D eigenvalue weighted by atomic mass is 10.1. The predicted octanol–water partition coefficient (Wildman–Crippen LogP) is 1.45. The monoisotopic (exact) mass is 349 g/mol. The Bertz CT molecular complexity index is 708. The van der Waals surface area contributed by atoms with Gasteiger partial charge in [0, 0.05) is 6.42 Å². The molecule has 0 radical (unpaired) electrons. The van der Waals surface area contributed by atoms with Crippen LogP contribution in [0.1, 0.15) is 12.0 Å². The number of benzene rings is 1. The number of amides is 1. The lowest BCUT2D eigenvalue weighted by Crippen LogP contribution is -2.45. The summed E-state index contributed by atoms with van der Waals surface area (Å²) >= 11 is 0. The quantitative estimate of drug-likeness (QED) is 0.790. The maximum absolute atomic E-state index is 14.1. The number of nitrogens with one attached hydrogen (secondary N) is 2. The molecule has 25 heavy (non-hydrogen) atoms. The maximum Gasteiger partial charge on any atom is 0.220 e. The molecule has 0 unspecified atom stereocenters. The van der Waals surface area contributed by atoms with Crippen LogP contribution in [-0.4, -0.2) is 48.6 Å². The minimum absolute atomic E-state index is 0.166. The molecule has 1 aromatic carbocycles. The summed E-state index contributed by atoms with van der Waals surface area (Å²) in [5.41, 5.74) is 0.448. The molecule has 0 saturated carbocycles. The highest BCUT2D eigenvalue weighted by molar-refractivity contribution is 5.76. The van der Waals surface area contributed by atoms with Gasteiger partial charge >= 0.3 is 0 Å². The van der Waals surface area contributed by atoms with Crippen molar-refractivity contribution in [2.45, 2.75) is 25.0 Å². The van der Waals surface area contributed by atoms with Crippen molar-refractivity contribution in [1.29, 1.82) is 0 Å². The van der Waals surface area contributed by atoms with Crippen LogP contribution in [0.15, 0.2) is 30.6 Å². The highest BCUT2D eigenvalue weighted by Crippen LogP contribution is 2.21. The minimum Gasteiger partial charge on any atom is -0.494 e. The van der Waals surface area contributed by atoms with Gasteiger partial charge in [-0.1, -0.05) is 12.1 Å². The van der Waals surface area contributed by atoms with Crippen LogP contribution in [0.25, 0.3) is 0 Å². The van der Waals surface area contributed by atoms with Crippen molar-refractivity contribution in [3.8, 4) is 11.5 Å². The maximum atomic E-state index is 14.1. The molecule has 8 heteroatoms. The predicted molar refractivity (Wildman–Crippen MR) is 87.0 cm³/mol. The van der Waals surface area contributed by atoms with E-state index in [0.29, 0.717) is 24.5 Å². The summed E-state index contributed by atoms with van der Waals surface area (Å²) < 4.78 is 30.2. The van der Waals surface area contributed by atoms with Crippen LogP contribution in [-0.2, 0) is 16.0 Å². The second-order valence-electron chi connectivity index (χ2n) is 5.74. The van der Waals surface area contributed by atoms with Gasteiger partial charge in [-0.25, -0.2) is 4.39 Å². The average Bonchev–Trinajstić information content (AvgIpc) is 3.27. The molecule has 1 amide bonds. The molecule has 1 aromatic heterocycles. The van der Waals surface area contributed by atoms with Crippen LogP contribution in [0.2, 0.25) is 0 Å². The number of carbonyl (C=O) groups excluding carboxylic acids is 1. The van der Waals surface area contributed by atoms with Crippen molar-refractivity contribution in [1.82, 2.24) is 15.5 Å². The van der Waals surface area contributed by atoms with Crippen molar-refractivity contribution in [3.63, 3.8) is 0 Å². The number of aryl methyl sites for hydroxylation is 1. The highest BCUT2D eigenvalue weighted by Gasteiger charge is 2.31. The summed E-state index contributed by atoms with van der Waals surface area (Å²) in [5, 5.41) is 9.36. The third-order valence-electron chi connectivity index (χ3n) is 4.02. The van der Waals surface area contributed by atoms with Gasteiger partial charge in [-0.05, 0) is 18.1 Å². The summed E-state index contributed by atoms with van der Waals surface area (Å²) in [5.74, 6) is 0.158. The molecule has 1 fully saturated rings. The molecule has 0 aliphatic carbocycles. The van der Waals surface area contributed by atoms with Gasteiger partial charge in [0.05, 0.1) is 38.8 Å². The summed E-state index contributed by atoms with van der Waals surface area (Å²) in [6.07, 6.45) is 3.36. The number of aromatic nitrogens is 2. The van der Waals surface area contributed by atoms with Crippen LogP contribution in [0.3, 0.4) is 0 Å². The first-order valence-corrected chi connectivity index (χ1v) is 8.01. The average molecular weight is 349 g/mol. The smallest absolute Gasteiger partial charge is 0.220 e. The molecule has 134 valence electrons. The van der Waals surface area contributed by atoms with Gasteiger partial charge in [0.2, 0.25) is 5.91 Å². The van der Waals surface area contributed by atoms with Gasteiger partial charge in [0.1, 0.15) is 6.10 Å². The highest BCUT2D eigenvalue weighted by atomic mass is 19.1. The Hall–Kier alpha value is -2.61. The fraction of sp³-hybridized carbons (Fsp3) is 0.412. The van der Waals surface area contributed by atoms with E-state index >= 15 is 0 Å². The molecular formula is C17H20FN3O4. The van der Waals surface area contributed by atoms with E-state index in [4.69, 9.17) is 14.2 Å². The Kier molecular flexibility index (Phi) is 5.49. The number of hydrogen-bond acceptors (Lipinski definition) is 5. The summed E-state index contributed by atoms with van der Waals surface area (Å²) in [6, 6.07) is 4.65. The third kappa shape index (κ3) is 4.27. The number of halogens is 1.